The summed E-state index contributed by atoms with van der Waals surface area (Å²) in [5.41, 5.74) is 17.1. The average Bonchev–Trinajstić information content (AvgIpc) is 2.58. The van der Waals surface area contributed by atoms with Gasteiger partial charge in [-0.15, -0.1) is 0 Å². The van der Waals surface area contributed by atoms with Crippen LogP contribution in [-0.4, -0.2) is 20.6 Å². The van der Waals surface area contributed by atoms with Gasteiger partial charge in [-0.05, 0) is 12.1 Å². The Bertz CT molecular complexity index is 630. The third-order valence-electron chi connectivity index (χ3n) is 2.45. The smallest absolute Gasteiger partial charge is 0.209 e. The van der Waals surface area contributed by atoms with Crippen LogP contribution in [0, 0.1) is 0 Å². The number of benzene rings is 1. The number of hydrazine groups is 1. The summed E-state index contributed by atoms with van der Waals surface area (Å²) in [4.78, 5) is 4.01. The van der Waals surface area contributed by atoms with E-state index < -0.39 is 15.6 Å². The maximum absolute atomic E-state index is 11.4. The SMILES string of the molecule is CS(=O)(=O)c1ccc(C2(N)N=C(N)NN2)cc1Cl. The number of aliphatic imine (C=N–C) groups is 1. The number of guanidine groups is 1. The molecule has 1 aliphatic heterocycles. The van der Waals surface area contributed by atoms with Crippen molar-refractivity contribution in [2.75, 3.05) is 6.26 Å². The standard InChI is InChI=1S/C9H12ClN5O2S/c1-18(16,17)7-3-2-5(4-6(7)10)9(12)13-8(11)14-15-9/h2-4,15H,12H2,1H3,(H3,11,13,14). The quantitative estimate of drug-likeness (QED) is 0.567. The van der Waals surface area contributed by atoms with Crippen LogP contribution in [0.1, 0.15) is 5.56 Å². The average molecular weight is 290 g/mol. The molecule has 0 aromatic heterocycles. The number of sulfone groups is 1. The minimum Gasteiger partial charge on any atom is -0.369 e. The van der Waals surface area contributed by atoms with Crippen LogP contribution in [0.3, 0.4) is 0 Å². The Morgan fingerprint density at radius 2 is 2.11 bits per heavy atom. The van der Waals surface area contributed by atoms with Gasteiger partial charge >= 0.3 is 0 Å². The van der Waals surface area contributed by atoms with Crippen LogP contribution in [0.15, 0.2) is 28.1 Å². The van der Waals surface area contributed by atoms with Gasteiger partial charge in [-0.3, -0.25) is 11.2 Å². The highest BCUT2D eigenvalue weighted by molar-refractivity contribution is 7.90. The minimum absolute atomic E-state index is 0.0411. The Hall–Kier alpha value is -1.35. The first-order chi connectivity index (χ1) is 8.22. The van der Waals surface area contributed by atoms with Crippen molar-refractivity contribution in [1.82, 2.24) is 10.9 Å². The molecule has 0 bridgehead atoms. The lowest BCUT2D eigenvalue weighted by Crippen LogP contribution is -2.50. The molecule has 18 heavy (non-hydrogen) atoms. The van der Waals surface area contributed by atoms with E-state index in [-0.39, 0.29) is 15.9 Å². The van der Waals surface area contributed by atoms with E-state index in [9.17, 15) is 8.42 Å². The minimum atomic E-state index is -3.37. The number of hydrogen-bond donors (Lipinski definition) is 4. The number of halogens is 1. The van der Waals surface area contributed by atoms with Crippen molar-refractivity contribution >= 4 is 27.4 Å². The summed E-state index contributed by atoms with van der Waals surface area (Å²) in [6.07, 6.45) is 1.08. The molecular formula is C9H12ClN5O2S. The highest BCUT2D eigenvalue weighted by Crippen LogP contribution is 2.27. The van der Waals surface area contributed by atoms with E-state index in [1.165, 1.54) is 18.2 Å². The van der Waals surface area contributed by atoms with E-state index in [0.29, 0.717) is 5.56 Å². The third kappa shape index (κ3) is 2.27. The third-order valence-corrected chi connectivity index (χ3v) is 4.03. The molecule has 0 saturated carbocycles. The van der Waals surface area contributed by atoms with Gasteiger partial charge in [0.15, 0.2) is 9.84 Å². The van der Waals surface area contributed by atoms with Gasteiger partial charge in [0.05, 0.1) is 9.92 Å². The van der Waals surface area contributed by atoms with Gasteiger partial charge in [-0.2, -0.15) is 5.43 Å². The number of rotatable bonds is 2. The van der Waals surface area contributed by atoms with E-state index >= 15 is 0 Å². The Balaban J connectivity index is 2.48. The lowest BCUT2D eigenvalue weighted by molar-refractivity contribution is 0.375. The summed E-state index contributed by atoms with van der Waals surface area (Å²) < 4.78 is 22.9. The first-order valence-corrected chi connectivity index (χ1v) is 7.17. The number of nitrogens with two attached hydrogens (primary N) is 2. The molecular weight excluding hydrogens is 278 g/mol. The molecule has 1 atom stereocenters. The summed E-state index contributed by atoms with van der Waals surface area (Å²) in [6.45, 7) is 0. The second kappa shape index (κ2) is 4.09. The first kappa shape index (κ1) is 13.1. The number of nitrogens with one attached hydrogen (secondary N) is 2. The Labute approximate surface area is 109 Å². The van der Waals surface area contributed by atoms with Gasteiger partial charge in [-0.1, -0.05) is 17.7 Å². The van der Waals surface area contributed by atoms with E-state index in [4.69, 9.17) is 23.1 Å². The molecule has 0 saturated heterocycles. The summed E-state index contributed by atoms with van der Waals surface area (Å²) in [6, 6.07) is 4.35. The molecule has 98 valence electrons. The zero-order valence-electron chi connectivity index (χ0n) is 9.44. The van der Waals surface area contributed by atoms with Gasteiger partial charge < -0.3 is 5.73 Å². The van der Waals surface area contributed by atoms with E-state index in [1.807, 2.05) is 0 Å². The van der Waals surface area contributed by atoms with Crippen molar-refractivity contribution in [2.45, 2.75) is 10.7 Å². The summed E-state index contributed by atoms with van der Waals surface area (Å²) in [7, 11) is -3.37. The van der Waals surface area contributed by atoms with Crippen molar-refractivity contribution in [3.8, 4) is 0 Å². The fourth-order valence-electron chi connectivity index (χ4n) is 1.58. The Morgan fingerprint density at radius 3 is 2.56 bits per heavy atom. The molecule has 0 aliphatic carbocycles. The lowest BCUT2D eigenvalue weighted by atomic mass is 10.1. The van der Waals surface area contributed by atoms with Crippen molar-refractivity contribution in [1.29, 1.82) is 0 Å². The second-order valence-electron chi connectivity index (χ2n) is 3.93. The predicted octanol–water partition coefficient (Wildman–Crippen LogP) is -0.765. The van der Waals surface area contributed by atoms with Gasteiger partial charge in [0, 0.05) is 11.8 Å². The van der Waals surface area contributed by atoms with Crippen molar-refractivity contribution in [2.24, 2.45) is 16.5 Å². The molecule has 0 radical (unpaired) electrons. The van der Waals surface area contributed by atoms with Gasteiger partial charge in [0.1, 0.15) is 0 Å². The molecule has 1 heterocycles. The highest BCUT2D eigenvalue weighted by Gasteiger charge is 2.32. The van der Waals surface area contributed by atoms with E-state index in [0.717, 1.165) is 6.26 Å². The first-order valence-electron chi connectivity index (χ1n) is 4.90. The maximum Gasteiger partial charge on any atom is 0.209 e. The van der Waals surface area contributed by atoms with E-state index in [2.05, 4.69) is 15.8 Å². The summed E-state index contributed by atoms with van der Waals surface area (Å²) >= 11 is 5.93. The highest BCUT2D eigenvalue weighted by atomic mass is 35.5. The molecule has 1 unspecified atom stereocenters. The molecule has 1 aromatic carbocycles. The Kier molecular flexibility index (Phi) is 2.98. The monoisotopic (exact) mass is 289 g/mol. The molecule has 9 heteroatoms. The van der Waals surface area contributed by atoms with Gasteiger partial charge in [0.2, 0.25) is 11.7 Å². The molecule has 7 nitrogen and oxygen atoms in total. The van der Waals surface area contributed by atoms with Crippen LogP contribution in [0.25, 0.3) is 0 Å². The molecule has 0 amide bonds. The van der Waals surface area contributed by atoms with Crippen molar-refractivity contribution in [3.05, 3.63) is 28.8 Å². The van der Waals surface area contributed by atoms with Crippen LogP contribution in [0.4, 0.5) is 0 Å². The van der Waals surface area contributed by atoms with Crippen LogP contribution >= 0.6 is 11.6 Å². The fourth-order valence-corrected chi connectivity index (χ4v) is 2.91. The molecule has 2 rings (SSSR count). The Morgan fingerprint density at radius 1 is 1.44 bits per heavy atom. The summed E-state index contributed by atoms with van der Waals surface area (Å²) in [5, 5.41) is 0.0855. The van der Waals surface area contributed by atoms with Crippen LogP contribution in [0.5, 0.6) is 0 Å². The number of nitrogens with zero attached hydrogens (tertiary/aromatic N) is 1. The normalized spacial score (nSPS) is 23.6. The van der Waals surface area contributed by atoms with E-state index in [1.54, 1.807) is 0 Å². The molecule has 1 aliphatic rings. The zero-order chi connectivity index (χ0) is 13.6. The van der Waals surface area contributed by atoms with Crippen molar-refractivity contribution in [3.63, 3.8) is 0 Å². The maximum atomic E-state index is 11.4. The van der Waals surface area contributed by atoms with Crippen LogP contribution < -0.4 is 22.3 Å². The number of hydrogen-bond acceptors (Lipinski definition) is 7. The predicted molar refractivity (Wildman–Crippen MR) is 68.3 cm³/mol. The van der Waals surface area contributed by atoms with Gasteiger partial charge in [0.25, 0.3) is 0 Å². The largest absolute Gasteiger partial charge is 0.369 e. The molecule has 0 fully saturated rings. The van der Waals surface area contributed by atoms with Gasteiger partial charge in [-0.25, -0.2) is 13.4 Å². The van der Waals surface area contributed by atoms with Crippen LogP contribution in [0.2, 0.25) is 5.02 Å². The second-order valence-corrected chi connectivity index (χ2v) is 6.32. The molecule has 6 N–H and O–H groups in total. The lowest BCUT2D eigenvalue weighted by Gasteiger charge is -2.21. The topological polar surface area (TPSA) is 123 Å². The summed E-state index contributed by atoms with van der Waals surface area (Å²) in [5.74, 6) is -1.12. The van der Waals surface area contributed by atoms with Crippen molar-refractivity contribution < 1.29 is 8.42 Å². The molecule has 1 aromatic rings. The zero-order valence-corrected chi connectivity index (χ0v) is 11.0. The fraction of sp³-hybridized carbons (Fsp3) is 0.222. The van der Waals surface area contributed by atoms with Crippen LogP contribution in [-0.2, 0) is 15.6 Å². The molecule has 0 spiro atoms.